The molecule has 0 saturated heterocycles. The summed E-state index contributed by atoms with van der Waals surface area (Å²) in [5, 5.41) is 0. The predicted molar refractivity (Wildman–Crippen MR) is 169 cm³/mol. The van der Waals surface area contributed by atoms with Crippen LogP contribution in [0.1, 0.15) is 28.1 Å². The predicted octanol–water partition coefficient (Wildman–Crippen LogP) is 8.97. The molecule has 0 atom stereocenters. The highest BCUT2D eigenvalue weighted by molar-refractivity contribution is 5.85. The first-order valence-electron chi connectivity index (χ1n) is 14.3. The zero-order valence-electron chi connectivity index (χ0n) is 23.0. The van der Waals surface area contributed by atoms with Gasteiger partial charge in [-0.25, -0.2) is 4.98 Å². The Bertz CT molecular complexity index is 1930. The first-order valence-corrected chi connectivity index (χ1v) is 14.3. The SMILES string of the molecule is c1ccc(C(c2ccccc2)(c2ccccc2)c2cccc(-c3ccc4c(c3)nc3n4-c4ccccc4OC3)c2)cc1. The van der Waals surface area contributed by atoms with Gasteiger partial charge in [0.15, 0.2) is 5.82 Å². The summed E-state index contributed by atoms with van der Waals surface area (Å²) in [7, 11) is 0. The molecule has 0 bridgehead atoms. The van der Waals surface area contributed by atoms with Crippen LogP contribution in [0.5, 0.6) is 5.75 Å². The molecular formula is C39H28N2O. The lowest BCUT2D eigenvalue weighted by molar-refractivity contribution is 0.280. The smallest absolute Gasteiger partial charge is 0.152 e. The quantitative estimate of drug-likeness (QED) is 0.204. The minimum atomic E-state index is -0.488. The van der Waals surface area contributed by atoms with Crippen molar-refractivity contribution >= 4 is 11.0 Å². The molecule has 0 spiro atoms. The molecule has 0 unspecified atom stereocenters. The van der Waals surface area contributed by atoms with Crippen LogP contribution in [0, 0.1) is 0 Å². The van der Waals surface area contributed by atoms with Crippen molar-refractivity contribution in [3.63, 3.8) is 0 Å². The van der Waals surface area contributed by atoms with Gasteiger partial charge in [0.2, 0.25) is 0 Å². The lowest BCUT2D eigenvalue weighted by Crippen LogP contribution is -2.31. The van der Waals surface area contributed by atoms with Gasteiger partial charge in [0, 0.05) is 0 Å². The van der Waals surface area contributed by atoms with Crippen molar-refractivity contribution < 1.29 is 4.74 Å². The molecule has 200 valence electrons. The third-order valence-electron chi connectivity index (χ3n) is 8.44. The van der Waals surface area contributed by atoms with Crippen molar-refractivity contribution in [3.05, 3.63) is 186 Å². The van der Waals surface area contributed by atoms with Gasteiger partial charge in [-0.1, -0.05) is 127 Å². The molecule has 1 aromatic heterocycles. The molecule has 2 heterocycles. The number of ether oxygens (including phenoxy) is 1. The molecule has 8 rings (SSSR count). The monoisotopic (exact) mass is 540 g/mol. The number of fused-ring (bicyclic) bond motifs is 5. The zero-order chi connectivity index (χ0) is 27.9. The topological polar surface area (TPSA) is 27.1 Å². The highest BCUT2D eigenvalue weighted by Gasteiger charge is 2.38. The number of rotatable bonds is 5. The second kappa shape index (κ2) is 9.90. The van der Waals surface area contributed by atoms with E-state index in [1.807, 2.05) is 18.2 Å². The molecule has 0 N–H and O–H groups in total. The fourth-order valence-corrected chi connectivity index (χ4v) is 6.58. The Kier molecular flexibility index (Phi) is 5.75. The van der Waals surface area contributed by atoms with Gasteiger partial charge in [-0.15, -0.1) is 0 Å². The zero-order valence-corrected chi connectivity index (χ0v) is 23.0. The van der Waals surface area contributed by atoms with Crippen molar-refractivity contribution in [2.45, 2.75) is 12.0 Å². The van der Waals surface area contributed by atoms with Crippen LogP contribution in [0.4, 0.5) is 0 Å². The number of benzene rings is 6. The molecule has 7 aromatic rings. The summed E-state index contributed by atoms with van der Waals surface area (Å²) in [6.45, 7) is 0.463. The van der Waals surface area contributed by atoms with Gasteiger partial charge in [-0.05, 0) is 63.7 Å². The van der Waals surface area contributed by atoms with E-state index in [1.54, 1.807) is 0 Å². The van der Waals surface area contributed by atoms with E-state index in [2.05, 4.69) is 144 Å². The molecule has 0 amide bonds. The molecule has 3 heteroatoms. The van der Waals surface area contributed by atoms with Crippen LogP contribution in [0.25, 0.3) is 27.8 Å². The first kappa shape index (κ1) is 24.4. The number of hydrogen-bond donors (Lipinski definition) is 0. The molecule has 0 saturated carbocycles. The van der Waals surface area contributed by atoms with Gasteiger partial charge in [-0.3, -0.25) is 4.57 Å². The molecule has 0 radical (unpaired) electrons. The normalized spacial score (nSPS) is 12.4. The average Bonchev–Trinajstić information content (AvgIpc) is 3.45. The summed E-state index contributed by atoms with van der Waals surface area (Å²) in [6.07, 6.45) is 0. The molecule has 42 heavy (non-hydrogen) atoms. The van der Waals surface area contributed by atoms with Crippen LogP contribution in [0.15, 0.2) is 158 Å². The van der Waals surface area contributed by atoms with E-state index in [9.17, 15) is 0 Å². The Morgan fingerprint density at radius 1 is 0.524 bits per heavy atom. The lowest BCUT2D eigenvalue weighted by Gasteiger charge is -2.37. The van der Waals surface area contributed by atoms with Crippen molar-refractivity contribution in [1.82, 2.24) is 9.55 Å². The van der Waals surface area contributed by atoms with Crippen LogP contribution in [-0.4, -0.2) is 9.55 Å². The Balaban J connectivity index is 1.32. The van der Waals surface area contributed by atoms with Crippen molar-refractivity contribution in [3.8, 4) is 22.6 Å². The van der Waals surface area contributed by atoms with E-state index in [1.165, 1.54) is 22.3 Å². The van der Waals surface area contributed by atoms with Crippen molar-refractivity contribution in [2.24, 2.45) is 0 Å². The maximum atomic E-state index is 5.99. The summed E-state index contributed by atoms with van der Waals surface area (Å²) >= 11 is 0. The third-order valence-corrected chi connectivity index (χ3v) is 8.44. The second-order valence-electron chi connectivity index (χ2n) is 10.8. The maximum absolute atomic E-state index is 5.99. The maximum Gasteiger partial charge on any atom is 0.152 e. The fraction of sp³-hybridized carbons (Fsp3) is 0.0513. The molecule has 6 aromatic carbocycles. The van der Waals surface area contributed by atoms with Crippen LogP contribution in [-0.2, 0) is 12.0 Å². The summed E-state index contributed by atoms with van der Waals surface area (Å²) in [5.41, 5.74) is 9.81. The average molecular weight is 541 g/mol. The minimum absolute atomic E-state index is 0.463. The van der Waals surface area contributed by atoms with E-state index in [0.29, 0.717) is 6.61 Å². The number of para-hydroxylation sites is 2. The number of aromatic nitrogens is 2. The molecule has 1 aliphatic heterocycles. The molecule has 3 nitrogen and oxygen atoms in total. The van der Waals surface area contributed by atoms with Crippen LogP contribution in [0.2, 0.25) is 0 Å². The molecular weight excluding hydrogens is 512 g/mol. The Morgan fingerprint density at radius 2 is 1.10 bits per heavy atom. The van der Waals surface area contributed by atoms with E-state index >= 15 is 0 Å². The second-order valence-corrected chi connectivity index (χ2v) is 10.8. The summed E-state index contributed by atoms with van der Waals surface area (Å²) in [5.74, 6) is 1.81. The van der Waals surface area contributed by atoms with Crippen molar-refractivity contribution in [2.75, 3.05) is 0 Å². The van der Waals surface area contributed by atoms with E-state index in [4.69, 9.17) is 9.72 Å². The minimum Gasteiger partial charge on any atom is -0.483 e. The Hall–Kier alpha value is -5.41. The number of hydrogen-bond acceptors (Lipinski definition) is 2. The first-order chi connectivity index (χ1) is 20.8. The van der Waals surface area contributed by atoms with Gasteiger partial charge in [-0.2, -0.15) is 0 Å². The van der Waals surface area contributed by atoms with Gasteiger partial charge >= 0.3 is 0 Å². The number of nitrogens with zero attached hydrogens (tertiary/aromatic N) is 2. The number of imidazole rings is 1. The van der Waals surface area contributed by atoms with Gasteiger partial charge in [0.25, 0.3) is 0 Å². The van der Waals surface area contributed by atoms with Crippen molar-refractivity contribution in [1.29, 1.82) is 0 Å². The van der Waals surface area contributed by atoms with E-state index in [0.717, 1.165) is 39.4 Å². The van der Waals surface area contributed by atoms with Crippen LogP contribution in [0.3, 0.4) is 0 Å². The Morgan fingerprint density at radius 3 is 1.76 bits per heavy atom. The van der Waals surface area contributed by atoms with Gasteiger partial charge < -0.3 is 4.74 Å². The van der Waals surface area contributed by atoms with Gasteiger partial charge in [0.05, 0.1) is 22.1 Å². The van der Waals surface area contributed by atoms with Gasteiger partial charge in [0.1, 0.15) is 12.4 Å². The van der Waals surface area contributed by atoms with E-state index < -0.39 is 5.41 Å². The highest BCUT2D eigenvalue weighted by atomic mass is 16.5. The molecule has 1 aliphatic rings. The highest BCUT2D eigenvalue weighted by Crippen LogP contribution is 2.46. The third kappa shape index (κ3) is 3.78. The molecule has 0 fully saturated rings. The van der Waals surface area contributed by atoms with Crippen LogP contribution < -0.4 is 4.74 Å². The summed E-state index contributed by atoms with van der Waals surface area (Å²) in [4.78, 5) is 4.99. The Labute approximate surface area is 245 Å². The lowest BCUT2D eigenvalue weighted by atomic mass is 9.65. The standard InChI is InChI=1S/C39H28N2O/c1-4-14-30(15-5-1)39(31-16-6-2-7-17-31,32-18-8-3-9-19-32)33-20-12-13-28(25-33)29-23-24-35-34(26-29)40-38-27-42-37-22-11-10-21-36(37)41(35)38/h1-26H,27H2. The summed E-state index contributed by atoms with van der Waals surface area (Å²) in [6, 6.07) is 56.3. The fourth-order valence-electron chi connectivity index (χ4n) is 6.58. The largest absolute Gasteiger partial charge is 0.483 e. The summed E-state index contributed by atoms with van der Waals surface area (Å²) < 4.78 is 8.21. The van der Waals surface area contributed by atoms with E-state index in [-0.39, 0.29) is 0 Å². The molecule has 0 aliphatic carbocycles. The van der Waals surface area contributed by atoms with Crippen LogP contribution >= 0.6 is 0 Å².